The van der Waals surface area contributed by atoms with Crippen molar-refractivity contribution >= 4 is 11.6 Å². The van der Waals surface area contributed by atoms with Crippen molar-refractivity contribution < 1.29 is 9.59 Å². The Morgan fingerprint density at radius 1 is 0.852 bits per heavy atom. The van der Waals surface area contributed by atoms with Gasteiger partial charge >= 0.3 is 0 Å². The molecule has 1 unspecified atom stereocenters. The smallest absolute Gasteiger partial charge is 0.133 e. The van der Waals surface area contributed by atoms with Gasteiger partial charge in [0.05, 0.1) is 0 Å². The van der Waals surface area contributed by atoms with Gasteiger partial charge < -0.3 is 0 Å². The number of hydrogen-bond donors (Lipinski definition) is 0. The van der Waals surface area contributed by atoms with Gasteiger partial charge in [-0.25, -0.2) is 0 Å². The normalized spacial score (nSPS) is 19.7. The quantitative estimate of drug-likeness (QED) is 0.387. The van der Waals surface area contributed by atoms with Crippen LogP contribution in [0.3, 0.4) is 0 Å². The van der Waals surface area contributed by atoms with E-state index in [1.54, 1.807) is 0 Å². The average Bonchev–Trinajstić information content (AvgIpc) is 2.68. The Hall–Kier alpha value is -1.44. The van der Waals surface area contributed by atoms with E-state index in [1.165, 1.54) is 50.5 Å². The van der Waals surface area contributed by atoms with Gasteiger partial charge in [-0.15, -0.1) is 0 Å². The molecule has 0 N–H and O–H groups in total. The Morgan fingerprint density at radius 3 is 2.26 bits per heavy atom. The minimum absolute atomic E-state index is 0.317. The summed E-state index contributed by atoms with van der Waals surface area (Å²) < 4.78 is 0. The molecule has 1 aromatic carbocycles. The highest BCUT2D eigenvalue weighted by atomic mass is 16.1. The van der Waals surface area contributed by atoms with Crippen molar-refractivity contribution in [3.63, 3.8) is 0 Å². The van der Waals surface area contributed by atoms with Gasteiger partial charge in [-0.05, 0) is 43.1 Å². The molecule has 0 amide bonds. The Balaban J connectivity index is 1.58. The fourth-order valence-electron chi connectivity index (χ4n) is 4.54. The summed E-state index contributed by atoms with van der Waals surface area (Å²) in [4.78, 5) is 24.5. The van der Waals surface area contributed by atoms with Crippen LogP contribution in [0.4, 0.5) is 0 Å². The number of hydrogen-bond acceptors (Lipinski definition) is 2. The van der Waals surface area contributed by atoms with Crippen molar-refractivity contribution in [3.8, 4) is 0 Å². The maximum Gasteiger partial charge on any atom is 0.133 e. The number of carbonyl (C=O) groups is 2. The Kier molecular flexibility index (Phi) is 10.4. The van der Waals surface area contributed by atoms with Crippen LogP contribution in [0.5, 0.6) is 0 Å². The van der Waals surface area contributed by atoms with Crippen molar-refractivity contribution in [2.45, 2.75) is 96.8 Å². The third-order valence-corrected chi connectivity index (χ3v) is 6.16. The van der Waals surface area contributed by atoms with Crippen molar-refractivity contribution in [1.29, 1.82) is 0 Å². The van der Waals surface area contributed by atoms with E-state index in [0.29, 0.717) is 36.7 Å². The van der Waals surface area contributed by atoms with Crippen LogP contribution in [0.1, 0.15) is 96.0 Å². The highest BCUT2D eigenvalue weighted by Crippen LogP contribution is 2.36. The number of carbonyl (C=O) groups excluding carboxylic acids is 2. The van der Waals surface area contributed by atoms with Gasteiger partial charge in [0.2, 0.25) is 0 Å². The van der Waals surface area contributed by atoms with Crippen molar-refractivity contribution in [3.05, 3.63) is 35.9 Å². The zero-order valence-electron chi connectivity index (χ0n) is 17.3. The molecule has 2 atom stereocenters. The molecule has 0 aromatic heterocycles. The van der Waals surface area contributed by atoms with Crippen molar-refractivity contribution in [1.82, 2.24) is 0 Å². The molecule has 0 aliphatic heterocycles. The number of Topliss-reactive ketones (excluding diaryl/α,β-unsaturated/α-hetero) is 2. The van der Waals surface area contributed by atoms with E-state index in [9.17, 15) is 9.59 Å². The van der Waals surface area contributed by atoms with Crippen LogP contribution in [0.25, 0.3) is 0 Å². The fourth-order valence-corrected chi connectivity index (χ4v) is 4.54. The molecule has 0 radical (unpaired) electrons. The first-order chi connectivity index (χ1) is 13.2. The van der Waals surface area contributed by atoms with Crippen LogP contribution < -0.4 is 0 Å². The summed E-state index contributed by atoms with van der Waals surface area (Å²) in [6, 6.07) is 10.3. The molecule has 1 aliphatic carbocycles. The predicted octanol–water partition coefficient (Wildman–Crippen LogP) is 6.70. The lowest BCUT2D eigenvalue weighted by atomic mass is 9.74. The van der Waals surface area contributed by atoms with Crippen LogP contribution in [-0.4, -0.2) is 11.6 Å². The number of ketones is 2. The van der Waals surface area contributed by atoms with E-state index in [1.807, 2.05) is 18.2 Å². The first kappa shape index (κ1) is 21.9. The molecular weight excluding hydrogens is 332 g/mol. The monoisotopic (exact) mass is 370 g/mol. The Morgan fingerprint density at radius 2 is 1.52 bits per heavy atom. The van der Waals surface area contributed by atoms with Gasteiger partial charge in [-0.2, -0.15) is 0 Å². The second-order valence-electron chi connectivity index (χ2n) is 8.42. The third-order valence-electron chi connectivity index (χ3n) is 6.16. The first-order valence-electron chi connectivity index (χ1n) is 11.3. The van der Waals surface area contributed by atoms with Crippen molar-refractivity contribution in [2.75, 3.05) is 0 Å². The summed E-state index contributed by atoms with van der Waals surface area (Å²) in [5.74, 6) is 2.08. The molecular formula is C25H38O2. The fraction of sp³-hybridized carbons (Fsp3) is 0.680. The molecule has 0 bridgehead atoms. The molecule has 150 valence electrons. The zero-order valence-corrected chi connectivity index (χ0v) is 17.3. The molecule has 27 heavy (non-hydrogen) atoms. The molecule has 1 fully saturated rings. The lowest BCUT2D eigenvalue weighted by molar-refractivity contribution is -0.121. The van der Waals surface area contributed by atoms with E-state index in [2.05, 4.69) is 19.1 Å². The maximum absolute atomic E-state index is 12.4. The predicted molar refractivity (Wildman–Crippen MR) is 113 cm³/mol. The van der Waals surface area contributed by atoms with Crippen LogP contribution in [0, 0.1) is 11.8 Å². The molecule has 1 aromatic rings. The number of aryl methyl sites for hydroxylation is 1. The summed E-state index contributed by atoms with van der Waals surface area (Å²) in [7, 11) is 0. The minimum Gasteiger partial charge on any atom is -0.300 e. The molecule has 0 saturated heterocycles. The van der Waals surface area contributed by atoms with Crippen LogP contribution in [0.15, 0.2) is 30.3 Å². The summed E-state index contributed by atoms with van der Waals surface area (Å²) >= 11 is 0. The van der Waals surface area contributed by atoms with Gasteiger partial charge in [-0.1, -0.05) is 75.8 Å². The minimum atomic E-state index is 0.317. The number of unbranched alkanes of at least 4 members (excludes halogenated alkanes) is 1. The van der Waals surface area contributed by atoms with Crippen molar-refractivity contribution in [2.24, 2.45) is 11.8 Å². The molecule has 2 nitrogen and oxygen atoms in total. The van der Waals surface area contributed by atoms with E-state index < -0.39 is 0 Å². The standard InChI is InChI=1S/C25H38O2/c1-2-3-14-22-15-7-8-16-23(22)20-25(27)19-10-18-24(26)17-9-13-21-11-5-4-6-12-21/h4-6,11-12,22-23H,2-3,7-10,13-20H2,1H3/t22?,23-/m1/s1. The van der Waals surface area contributed by atoms with E-state index >= 15 is 0 Å². The van der Waals surface area contributed by atoms with E-state index in [4.69, 9.17) is 0 Å². The first-order valence-corrected chi connectivity index (χ1v) is 11.3. The second-order valence-corrected chi connectivity index (χ2v) is 8.42. The van der Waals surface area contributed by atoms with Crippen LogP contribution >= 0.6 is 0 Å². The Labute approximate surface area is 166 Å². The van der Waals surface area contributed by atoms with Gasteiger partial charge in [0.1, 0.15) is 11.6 Å². The molecule has 0 heterocycles. The summed E-state index contributed by atoms with van der Waals surface area (Å²) in [5.41, 5.74) is 1.30. The van der Waals surface area contributed by atoms with Gasteiger partial charge in [0.15, 0.2) is 0 Å². The lowest BCUT2D eigenvalue weighted by Gasteiger charge is -2.31. The molecule has 2 heteroatoms. The van der Waals surface area contributed by atoms with Crippen LogP contribution in [0.2, 0.25) is 0 Å². The van der Waals surface area contributed by atoms with Crippen LogP contribution in [-0.2, 0) is 16.0 Å². The third kappa shape index (κ3) is 8.86. The summed E-state index contributed by atoms with van der Waals surface area (Å²) in [5, 5.41) is 0. The average molecular weight is 371 g/mol. The topological polar surface area (TPSA) is 34.1 Å². The number of benzene rings is 1. The molecule has 1 aliphatic rings. The second kappa shape index (κ2) is 12.9. The summed E-state index contributed by atoms with van der Waals surface area (Å²) in [6.07, 6.45) is 14.2. The maximum atomic E-state index is 12.4. The van der Waals surface area contributed by atoms with E-state index in [0.717, 1.165) is 31.6 Å². The van der Waals surface area contributed by atoms with Gasteiger partial charge in [0, 0.05) is 25.7 Å². The largest absolute Gasteiger partial charge is 0.300 e. The molecule has 1 saturated carbocycles. The Bertz CT molecular complexity index is 549. The highest BCUT2D eigenvalue weighted by molar-refractivity contribution is 5.81. The molecule has 2 rings (SSSR count). The molecule has 0 spiro atoms. The SMILES string of the molecule is CCCCC1CCCC[C@@H]1CC(=O)CCCC(=O)CCCc1ccccc1. The van der Waals surface area contributed by atoms with Gasteiger partial charge in [0.25, 0.3) is 0 Å². The summed E-state index contributed by atoms with van der Waals surface area (Å²) in [6.45, 7) is 2.25. The lowest BCUT2D eigenvalue weighted by Crippen LogP contribution is -2.22. The van der Waals surface area contributed by atoms with Gasteiger partial charge in [-0.3, -0.25) is 9.59 Å². The van der Waals surface area contributed by atoms with E-state index in [-0.39, 0.29) is 0 Å². The highest BCUT2D eigenvalue weighted by Gasteiger charge is 2.26. The zero-order chi connectivity index (χ0) is 19.3. The number of rotatable bonds is 13.